The number of carboxylic acid groups (broad SMARTS) is 1. The van der Waals surface area contributed by atoms with Gasteiger partial charge in [-0.25, -0.2) is 9.18 Å². The molecule has 1 saturated heterocycles. The third-order valence-electron chi connectivity index (χ3n) is 4.45. The fourth-order valence-corrected chi connectivity index (χ4v) is 2.94. The van der Waals surface area contributed by atoms with Crippen molar-refractivity contribution in [2.75, 3.05) is 13.1 Å². The quantitative estimate of drug-likeness (QED) is 0.910. The Morgan fingerprint density at radius 3 is 2.27 bits per heavy atom. The van der Waals surface area contributed by atoms with Crippen LogP contribution in [0, 0.1) is 17.2 Å². The molecular weight excluding hydrogens is 285 g/mol. The maximum absolute atomic E-state index is 14.0. The Balaban J connectivity index is 2.09. The lowest BCUT2D eigenvalue weighted by molar-refractivity contribution is 0.0602. The summed E-state index contributed by atoms with van der Waals surface area (Å²) < 4.78 is 14.0. The summed E-state index contributed by atoms with van der Waals surface area (Å²) >= 11 is 0. The molecule has 0 spiro atoms. The molecule has 22 heavy (non-hydrogen) atoms. The van der Waals surface area contributed by atoms with Crippen molar-refractivity contribution in [1.82, 2.24) is 4.90 Å². The van der Waals surface area contributed by atoms with Crippen LogP contribution < -0.4 is 0 Å². The standard InChI is InChI=1S/C17H22FNO3/c1-17(2,3)12-6-8-19(9-7-12)15(20)13-5-4-11(16(21)22)10-14(13)18/h4-5,10,12H,6-9H2,1-3H3,(H,21,22). The highest BCUT2D eigenvalue weighted by molar-refractivity contribution is 5.96. The highest BCUT2D eigenvalue weighted by Gasteiger charge is 2.31. The summed E-state index contributed by atoms with van der Waals surface area (Å²) in [5.41, 5.74) is 0.00322. The molecule has 5 heteroatoms. The highest BCUT2D eigenvalue weighted by Crippen LogP contribution is 2.34. The summed E-state index contributed by atoms with van der Waals surface area (Å²) in [7, 11) is 0. The molecule has 2 rings (SSSR count). The zero-order valence-corrected chi connectivity index (χ0v) is 13.2. The van der Waals surface area contributed by atoms with E-state index in [9.17, 15) is 14.0 Å². The zero-order valence-electron chi connectivity index (χ0n) is 13.2. The van der Waals surface area contributed by atoms with Crippen LogP contribution in [0.1, 0.15) is 54.3 Å². The number of carbonyl (C=O) groups is 2. The van der Waals surface area contributed by atoms with Gasteiger partial charge in [-0.3, -0.25) is 4.79 Å². The smallest absolute Gasteiger partial charge is 0.335 e. The third-order valence-corrected chi connectivity index (χ3v) is 4.45. The first-order valence-electron chi connectivity index (χ1n) is 7.52. The number of aromatic carboxylic acids is 1. The normalized spacial score (nSPS) is 16.6. The number of nitrogens with zero attached hydrogens (tertiary/aromatic N) is 1. The molecular formula is C17H22FNO3. The van der Waals surface area contributed by atoms with Gasteiger partial charge in [0, 0.05) is 13.1 Å². The van der Waals surface area contributed by atoms with Gasteiger partial charge in [0.15, 0.2) is 0 Å². The van der Waals surface area contributed by atoms with Crippen molar-refractivity contribution in [1.29, 1.82) is 0 Å². The Kier molecular flexibility index (Phi) is 4.54. The third kappa shape index (κ3) is 3.46. The van der Waals surface area contributed by atoms with E-state index in [1.54, 1.807) is 4.90 Å². The van der Waals surface area contributed by atoms with Crippen LogP contribution in [0.3, 0.4) is 0 Å². The molecule has 120 valence electrons. The van der Waals surface area contributed by atoms with Crippen molar-refractivity contribution in [2.24, 2.45) is 11.3 Å². The minimum absolute atomic E-state index is 0.0563. The first kappa shape index (κ1) is 16.5. The Morgan fingerprint density at radius 2 is 1.82 bits per heavy atom. The van der Waals surface area contributed by atoms with Crippen molar-refractivity contribution < 1.29 is 19.1 Å². The van der Waals surface area contributed by atoms with Gasteiger partial charge in [-0.2, -0.15) is 0 Å². The van der Waals surface area contributed by atoms with E-state index >= 15 is 0 Å². The van der Waals surface area contributed by atoms with E-state index in [0.29, 0.717) is 19.0 Å². The maximum Gasteiger partial charge on any atom is 0.335 e. The Labute approximate surface area is 129 Å². The molecule has 0 atom stereocenters. The average molecular weight is 307 g/mol. The van der Waals surface area contributed by atoms with Gasteiger partial charge in [0.25, 0.3) is 5.91 Å². The molecule has 0 radical (unpaired) electrons. The molecule has 0 aromatic heterocycles. The fraction of sp³-hybridized carbons (Fsp3) is 0.529. The van der Waals surface area contributed by atoms with E-state index in [0.717, 1.165) is 18.9 Å². The van der Waals surface area contributed by atoms with Crippen molar-refractivity contribution in [3.05, 3.63) is 35.1 Å². The van der Waals surface area contributed by atoms with Gasteiger partial charge in [0.05, 0.1) is 11.1 Å². The molecule has 0 aliphatic carbocycles. The van der Waals surface area contributed by atoms with Gasteiger partial charge in [-0.05, 0) is 42.4 Å². The van der Waals surface area contributed by atoms with Crippen molar-refractivity contribution >= 4 is 11.9 Å². The minimum atomic E-state index is -1.20. The highest BCUT2D eigenvalue weighted by atomic mass is 19.1. The Hall–Kier alpha value is -1.91. The molecule has 0 unspecified atom stereocenters. The molecule has 1 amide bonds. The van der Waals surface area contributed by atoms with Gasteiger partial charge < -0.3 is 10.0 Å². The van der Waals surface area contributed by atoms with Crippen LogP contribution in [-0.2, 0) is 0 Å². The second kappa shape index (κ2) is 6.07. The monoisotopic (exact) mass is 307 g/mol. The van der Waals surface area contributed by atoms with E-state index in [-0.39, 0.29) is 22.4 Å². The lowest BCUT2D eigenvalue weighted by atomic mass is 9.75. The van der Waals surface area contributed by atoms with Crippen molar-refractivity contribution in [3.63, 3.8) is 0 Å². The summed E-state index contributed by atoms with van der Waals surface area (Å²) in [4.78, 5) is 24.9. The Morgan fingerprint density at radius 1 is 1.23 bits per heavy atom. The van der Waals surface area contributed by atoms with E-state index in [4.69, 9.17) is 5.11 Å². The number of carboxylic acids is 1. The molecule has 1 aromatic rings. The summed E-state index contributed by atoms with van der Waals surface area (Å²) in [6.45, 7) is 7.81. The van der Waals surface area contributed by atoms with Gasteiger partial charge in [0.2, 0.25) is 0 Å². The second-order valence-electron chi connectivity index (χ2n) is 6.93. The van der Waals surface area contributed by atoms with Crippen LogP contribution >= 0.6 is 0 Å². The van der Waals surface area contributed by atoms with E-state index in [1.165, 1.54) is 12.1 Å². The largest absolute Gasteiger partial charge is 0.478 e. The molecule has 1 aliphatic rings. The summed E-state index contributed by atoms with van der Waals surface area (Å²) in [5, 5.41) is 8.83. The van der Waals surface area contributed by atoms with Crippen LogP contribution in [0.25, 0.3) is 0 Å². The fourth-order valence-electron chi connectivity index (χ4n) is 2.94. The molecule has 0 saturated carbocycles. The molecule has 0 bridgehead atoms. The molecule has 1 aromatic carbocycles. The lowest BCUT2D eigenvalue weighted by Gasteiger charge is -2.38. The zero-order chi connectivity index (χ0) is 16.5. The number of amides is 1. The predicted octanol–water partition coefficient (Wildman–Crippen LogP) is 3.42. The van der Waals surface area contributed by atoms with Crippen LogP contribution in [-0.4, -0.2) is 35.0 Å². The molecule has 4 nitrogen and oxygen atoms in total. The van der Waals surface area contributed by atoms with Gasteiger partial charge in [0.1, 0.15) is 5.82 Å². The number of piperidine rings is 1. The lowest BCUT2D eigenvalue weighted by Crippen LogP contribution is -2.41. The van der Waals surface area contributed by atoms with E-state index < -0.39 is 11.8 Å². The number of likely N-dealkylation sites (tertiary alicyclic amines) is 1. The summed E-state index contributed by atoms with van der Waals surface area (Å²) in [5.74, 6) is -1.79. The van der Waals surface area contributed by atoms with Crippen LogP contribution in [0.2, 0.25) is 0 Å². The topological polar surface area (TPSA) is 57.6 Å². The average Bonchev–Trinajstić information content (AvgIpc) is 2.45. The number of benzene rings is 1. The number of rotatable bonds is 2. The number of hydrogen-bond donors (Lipinski definition) is 1. The first-order valence-corrected chi connectivity index (χ1v) is 7.52. The van der Waals surface area contributed by atoms with Gasteiger partial charge in [-0.1, -0.05) is 20.8 Å². The molecule has 1 N–H and O–H groups in total. The van der Waals surface area contributed by atoms with Gasteiger partial charge in [-0.15, -0.1) is 0 Å². The number of hydrogen-bond acceptors (Lipinski definition) is 2. The number of carbonyl (C=O) groups excluding carboxylic acids is 1. The van der Waals surface area contributed by atoms with E-state index in [2.05, 4.69) is 20.8 Å². The first-order chi connectivity index (χ1) is 10.2. The van der Waals surface area contributed by atoms with Crippen LogP contribution in [0.5, 0.6) is 0 Å². The predicted molar refractivity (Wildman–Crippen MR) is 81.4 cm³/mol. The minimum Gasteiger partial charge on any atom is -0.478 e. The number of halogens is 1. The van der Waals surface area contributed by atoms with Crippen molar-refractivity contribution in [2.45, 2.75) is 33.6 Å². The van der Waals surface area contributed by atoms with E-state index in [1.807, 2.05) is 0 Å². The SMILES string of the molecule is CC(C)(C)C1CCN(C(=O)c2ccc(C(=O)O)cc2F)CC1. The van der Waals surface area contributed by atoms with Crippen molar-refractivity contribution in [3.8, 4) is 0 Å². The van der Waals surface area contributed by atoms with Crippen LogP contribution in [0.4, 0.5) is 4.39 Å². The summed E-state index contributed by atoms with van der Waals surface area (Å²) in [6.07, 6.45) is 1.81. The Bertz CT molecular complexity index is 584. The molecule has 1 heterocycles. The summed E-state index contributed by atoms with van der Waals surface area (Å²) in [6, 6.07) is 3.43. The molecule has 1 fully saturated rings. The maximum atomic E-state index is 14.0. The van der Waals surface area contributed by atoms with Crippen LogP contribution in [0.15, 0.2) is 18.2 Å². The second-order valence-corrected chi connectivity index (χ2v) is 6.93. The van der Waals surface area contributed by atoms with Gasteiger partial charge >= 0.3 is 5.97 Å². The molecule has 1 aliphatic heterocycles.